The number of hydrogen-bond acceptors (Lipinski definition) is 4. The summed E-state index contributed by atoms with van der Waals surface area (Å²) in [5, 5.41) is 3.42. The van der Waals surface area contributed by atoms with E-state index in [2.05, 4.69) is 5.32 Å². The van der Waals surface area contributed by atoms with E-state index in [1.165, 1.54) is 4.90 Å². The number of nitrogens with one attached hydrogen (secondary N) is 1. The maximum Gasteiger partial charge on any atom is 0.244 e. The molecule has 0 aliphatic rings. The first-order chi connectivity index (χ1) is 16.0. The number of halogens is 1. The van der Waals surface area contributed by atoms with Gasteiger partial charge in [0, 0.05) is 18.1 Å². The van der Waals surface area contributed by atoms with Crippen molar-refractivity contribution in [1.82, 2.24) is 10.2 Å². The SMILES string of the molecule is CCCNC(=O)C(CC)N(Cc1ccc(Cl)cc1)C(=O)CN(c1cccc(C)c1C)S(C)(=O)=O. The molecule has 1 unspecified atom stereocenters. The van der Waals surface area contributed by atoms with E-state index in [0.29, 0.717) is 23.7 Å². The largest absolute Gasteiger partial charge is 0.354 e. The molecule has 0 aliphatic carbocycles. The predicted octanol–water partition coefficient (Wildman–Crippen LogP) is 4.06. The lowest BCUT2D eigenvalue weighted by atomic mass is 10.1. The van der Waals surface area contributed by atoms with Gasteiger partial charge < -0.3 is 10.2 Å². The first-order valence-electron chi connectivity index (χ1n) is 11.3. The van der Waals surface area contributed by atoms with E-state index < -0.39 is 28.5 Å². The Morgan fingerprint density at radius 1 is 1.06 bits per heavy atom. The Bertz CT molecular complexity index is 1100. The summed E-state index contributed by atoms with van der Waals surface area (Å²) in [6.07, 6.45) is 2.23. The van der Waals surface area contributed by atoms with E-state index in [4.69, 9.17) is 11.6 Å². The minimum absolute atomic E-state index is 0.151. The zero-order valence-corrected chi connectivity index (χ0v) is 22.0. The highest BCUT2D eigenvalue weighted by Crippen LogP contribution is 2.25. The highest BCUT2D eigenvalue weighted by Gasteiger charge is 2.32. The van der Waals surface area contributed by atoms with E-state index in [1.54, 1.807) is 36.4 Å². The fourth-order valence-electron chi connectivity index (χ4n) is 3.67. The Balaban J connectivity index is 2.46. The van der Waals surface area contributed by atoms with Gasteiger partial charge in [-0.25, -0.2) is 8.42 Å². The molecule has 186 valence electrons. The molecule has 34 heavy (non-hydrogen) atoms. The van der Waals surface area contributed by atoms with Gasteiger partial charge in [0.15, 0.2) is 0 Å². The summed E-state index contributed by atoms with van der Waals surface area (Å²) < 4.78 is 26.6. The molecule has 0 spiro atoms. The standard InChI is InChI=1S/C25H34ClN3O4S/c1-6-15-27-25(31)22(7-2)28(16-20-11-13-21(26)14-12-20)24(30)17-29(34(5,32)33)23-10-8-9-18(3)19(23)4/h8-14,22H,6-7,15-17H2,1-5H3,(H,27,31). The number of sulfonamides is 1. The molecule has 9 heteroatoms. The molecule has 2 rings (SSSR count). The molecule has 7 nitrogen and oxygen atoms in total. The van der Waals surface area contributed by atoms with Gasteiger partial charge in [0.25, 0.3) is 0 Å². The third kappa shape index (κ3) is 7.21. The van der Waals surface area contributed by atoms with Crippen LogP contribution in [0.5, 0.6) is 0 Å². The minimum Gasteiger partial charge on any atom is -0.354 e. The second kappa shape index (κ2) is 12.2. The lowest BCUT2D eigenvalue weighted by Crippen LogP contribution is -2.52. The Morgan fingerprint density at radius 3 is 2.26 bits per heavy atom. The van der Waals surface area contributed by atoms with Crippen molar-refractivity contribution in [2.75, 3.05) is 23.7 Å². The number of aryl methyl sites for hydroxylation is 1. The summed E-state index contributed by atoms with van der Waals surface area (Å²) in [6.45, 7) is 7.73. The number of carbonyl (C=O) groups excluding carboxylic acids is 2. The number of benzene rings is 2. The second-order valence-electron chi connectivity index (χ2n) is 8.35. The van der Waals surface area contributed by atoms with E-state index in [-0.39, 0.29) is 12.5 Å². The van der Waals surface area contributed by atoms with Crippen LogP contribution in [0.1, 0.15) is 43.4 Å². The summed E-state index contributed by atoms with van der Waals surface area (Å²) in [5.74, 6) is -0.718. The predicted molar refractivity (Wildman–Crippen MR) is 137 cm³/mol. The van der Waals surface area contributed by atoms with Gasteiger partial charge in [-0.1, -0.05) is 49.7 Å². The average molecular weight is 508 g/mol. The van der Waals surface area contributed by atoms with Gasteiger partial charge in [-0.15, -0.1) is 0 Å². The van der Waals surface area contributed by atoms with E-state index in [0.717, 1.165) is 33.7 Å². The van der Waals surface area contributed by atoms with Crippen LogP contribution >= 0.6 is 11.6 Å². The van der Waals surface area contributed by atoms with Gasteiger partial charge in [0.2, 0.25) is 21.8 Å². The molecular weight excluding hydrogens is 474 g/mol. The number of carbonyl (C=O) groups is 2. The molecule has 2 aromatic rings. The van der Waals surface area contributed by atoms with Crippen molar-refractivity contribution < 1.29 is 18.0 Å². The molecule has 2 amide bonds. The fraction of sp³-hybridized carbons (Fsp3) is 0.440. The lowest BCUT2D eigenvalue weighted by molar-refractivity contribution is -0.140. The second-order valence-corrected chi connectivity index (χ2v) is 10.7. The molecule has 0 heterocycles. The number of rotatable bonds is 11. The first-order valence-corrected chi connectivity index (χ1v) is 13.6. The van der Waals surface area contributed by atoms with Crippen molar-refractivity contribution in [2.24, 2.45) is 0 Å². The van der Waals surface area contributed by atoms with Crippen LogP contribution in [-0.2, 0) is 26.2 Å². The molecule has 0 fully saturated rings. The van der Waals surface area contributed by atoms with Crippen LogP contribution in [0.3, 0.4) is 0 Å². The number of anilines is 1. The van der Waals surface area contributed by atoms with Crippen molar-refractivity contribution in [1.29, 1.82) is 0 Å². The van der Waals surface area contributed by atoms with Crippen molar-refractivity contribution in [3.63, 3.8) is 0 Å². The van der Waals surface area contributed by atoms with Crippen LogP contribution in [0, 0.1) is 13.8 Å². The van der Waals surface area contributed by atoms with Crippen LogP contribution in [-0.4, -0.2) is 50.5 Å². The van der Waals surface area contributed by atoms with Gasteiger partial charge in [0.05, 0.1) is 11.9 Å². The van der Waals surface area contributed by atoms with Gasteiger partial charge in [-0.2, -0.15) is 0 Å². The number of hydrogen-bond donors (Lipinski definition) is 1. The summed E-state index contributed by atoms with van der Waals surface area (Å²) >= 11 is 6.00. The zero-order valence-electron chi connectivity index (χ0n) is 20.5. The van der Waals surface area contributed by atoms with Crippen LogP contribution in [0.4, 0.5) is 5.69 Å². The van der Waals surface area contributed by atoms with E-state index >= 15 is 0 Å². The van der Waals surface area contributed by atoms with E-state index in [9.17, 15) is 18.0 Å². The highest BCUT2D eigenvalue weighted by molar-refractivity contribution is 7.92. The molecular formula is C25H34ClN3O4S. The van der Waals surface area contributed by atoms with Crippen LogP contribution in [0.25, 0.3) is 0 Å². The summed E-state index contributed by atoms with van der Waals surface area (Å²) in [4.78, 5) is 28.0. The summed E-state index contributed by atoms with van der Waals surface area (Å²) in [7, 11) is -3.76. The smallest absolute Gasteiger partial charge is 0.244 e. The molecule has 1 N–H and O–H groups in total. The molecule has 0 saturated carbocycles. The third-order valence-electron chi connectivity index (χ3n) is 5.73. The average Bonchev–Trinajstić information content (AvgIpc) is 2.78. The molecule has 1 atom stereocenters. The van der Waals surface area contributed by atoms with E-state index in [1.807, 2.05) is 33.8 Å². The molecule has 0 aromatic heterocycles. The maximum absolute atomic E-state index is 13.6. The van der Waals surface area contributed by atoms with Gasteiger partial charge in [-0.05, 0) is 61.6 Å². The summed E-state index contributed by atoms with van der Waals surface area (Å²) in [6, 6.07) is 11.6. The molecule has 0 aliphatic heterocycles. The normalized spacial score (nSPS) is 12.2. The highest BCUT2D eigenvalue weighted by atomic mass is 35.5. The van der Waals surface area contributed by atoms with Crippen LogP contribution in [0.2, 0.25) is 5.02 Å². The molecule has 0 radical (unpaired) electrons. The first kappa shape index (κ1) is 27.7. The lowest BCUT2D eigenvalue weighted by Gasteiger charge is -2.33. The summed E-state index contributed by atoms with van der Waals surface area (Å²) in [5.41, 5.74) is 2.93. The van der Waals surface area contributed by atoms with Gasteiger partial charge in [0.1, 0.15) is 12.6 Å². The zero-order chi connectivity index (χ0) is 25.5. The molecule has 0 saturated heterocycles. The Morgan fingerprint density at radius 2 is 1.71 bits per heavy atom. The van der Waals surface area contributed by atoms with Gasteiger partial charge in [-0.3, -0.25) is 13.9 Å². The number of amides is 2. The fourth-order valence-corrected chi connectivity index (χ4v) is 4.70. The van der Waals surface area contributed by atoms with Crippen molar-refractivity contribution >= 4 is 39.1 Å². The van der Waals surface area contributed by atoms with Crippen molar-refractivity contribution in [2.45, 2.75) is 53.1 Å². The monoisotopic (exact) mass is 507 g/mol. The topological polar surface area (TPSA) is 86.8 Å². The van der Waals surface area contributed by atoms with Crippen molar-refractivity contribution in [3.05, 3.63) is 64.2 Å². The Hall–Kier alpha value is -2.58. The molecule has 2 aromatic carbocycles. The van der Waals surface area contributed by atoms with Crippen molar-refractivity contribution in [3.8, 4) is 0 Å². The quantitative estimate of drug-likeness (QED) is 0.497. The third-order valence-corrected chi connectivity index (χ3v) is 7.10. The van der Waals surface area contributed by atoms with Crippen LogP contribution < -0.4 is 9.62 Å². The Kier molecular flexibility index (Phi) is 9.94. The van der Waals surface area contributed by atoms with Crippen LogP contribution in [0.15, 0.2) is 42.5 Å². The number of nitrogens with zero attached hydrogens (tertiary/aromatic N) is 2. The maximum atomic E-state index is 13.6. The molecule has 0 bridgehead atoms. The minimum atomic E-state index is -3.76. The Labute approximate surface area is 208 Å². The van der Waals surface area contributed by atoms with Gasteiger partial charge >= 0.3 is 0 Å².